The average molecular weight is 398 g/mol. The first-order chi connectivity index (χ1) is 13.5. The maximum atomic E-state index is 12.7. The SMILES string of the molecule is CSCC[C@@H](NC(=O)/C(=C\c1ccccc1)NC(=O)c1ccccc1)C(=O)O. The zero-order valence-electron chi connectivity index (χ0n) is 15.4. The van der Waals surface area contributed by atoms with Crippen molar-refractivity contribution >= 4 is 35.6 Å². The normalized spacial score (nSPS) is 12.1. The molecule has 0 saturated heterocycles. The van der Waals surface area contributed by atoms with Gasteiger partial charge in [-0.1, -0.05) is 48.5 Å². The van der Waals surface area contributed by atoms with Crippen LogP contribution in [0, 0.1) is 0 Å². The van der Waals surface area contributed by atoms with Crippen LogP contribution in [0.5, 0.6) is 0 Å². The molecule has 0 aliphatic carbocycles. The van der Waals surface area contributed by atoms with Crippen LogP contribution in [0.2, 0.25) is 0 Å². The third-order valence-corrected chi connectivity index (χ3v) is 4.50. The summed E-state index contributed by atoms with van der Waals surface area (Å²) in [6.07, 6.45) is 3.67. The molecule has 2 amide bonds. The molecule has 28 heavy (non-hydrogen) atoms. The molecule has 6 nitrogen and oxygen atoms in total. The number of carboxylic acid groups (broad SMARTS) is 1. The van der Waals surface area contributed by atoms with Crippen molar-refractivity contribution in [2.24, 2.45) is 0 Å². The molecule has 0 spiro atoms. The molecule has 0 bridgehead atoms. The molecule has 0 aliphatic rings. The fraction of sp³-hybridized carbons (Fsp3) is 0.190. The number of benzene rings is 2. The van der Waals surface area contributed by atoms with Crippen LogP contribution in [0.15, 0.2) is 66.4 Å². The largest absolute Gasteiger partial charge is 0.480 e. The quantitative estimate of drug-likeness (QED) is 0.565. The molecule has 0 fully saturated rings. The lowest BCUT2D eigenvalue weighted by Crippen LogP contribution is -2.44. The van der Waals surface area contributed by atoms with Gasteiger partial charge < -0.3 is 15.7 Å². The second kappa shape index (κ2) is 10.9. The molecule has 146 valence electrons. The van der Waals surface area contributed by atoms with Gasteiger partial charge in [0.1, 0.15) is 11.7 Å². The molecule has 2 aromatic carbocycles. The van der Waals surface area contributed by atoms with Gasteiger partial charge in [0.15, 0.2) is 0 Å². The van der Waals surface area contributed by atoms with Crippen molar-refractivity contribution in [2.45, 2.75) is 12.5 Å². The molecule has 0 aliphatic heterocycles. The van der Waals surface area contributed by atoms with E-state index in [1.807, 2.05) is 12.3 Å². The summed E-state index contributed by atoms with van der Waals surface area (Å²) in [5.74, 6) is -1.63. The lowest BCUT2D eigenvalue weighted by Gasteiger charge is -2.16. The van der Waals surface area contributed by atoms with Gasteiger partial charge in [0.25, 0.3) is 11.8 Å². The van der Waals surface area contributed by atoms with E-state index in [9.17, 15) is 19.5 Å². The number of carbonyl (C=O) groups is 3. The number of hydrogen-bond acceptors (Lipinski definition) is 4. The number of aliphatic carboxylic acids is 1. The van der Waals surface area contributed by atoms with Crippen molar-refractivity contribution in [1.29, 1.82) is 0 Å². The number of amides is 2. The number of carbonyl (C=O) groups excluding carboxylic acids is 2. The van der Waals surface area contributed by atoms with Gasteiger partial charge in [0, 0.05) is 5.56 Å². The first-order valence-electron chi connectivity index (χ1n) is 8.67. The monoisotopic (exact) mass is 398 g/mol. The highest BCUT2D eigenvalue weighted by molar-refractivity contribution is 7.98. The van der Waals surface area contributed by atoms with E-state index in [1.165, 1.54) is 17.8 Å². The molecule has 0 radical (unpaired) electrons. The van der Waals surface area contributed by atoms with Crippen molar-refractivity contribution in [3.8, 4) is 0 Å². The standard InChI is InChI=1S/C21H22N2O4S/c1-28-13-12-17(21(26)27)22-20(25)18(14-15-8-4-2-5-9-15)23-19(24)16-10-6-3-7-11-16/h2-11,14,17H,12-13H2,1H3,(H,22,25)(H,23,24)(H,26,27)/b18-14+/t17-/m1/s1. The summed E-state index contributed by atoms with van der Waals surface area (Å²) in [5, 5.41) is 14.4. The zero-order valence-corrected chi connectivity index (χ0v) is 16.2. The minimum Gasteiger partial charge on any atom is -0.480 e. The van der Waals surface area contributed by atoms with Crippen LogP contribution in [0.3, 0.4) is 0 Å². The molecular formula is C21H22N2O4S. The van der Waals surface area contributed by atoms with Crippen molar-refractivity contribution < 1.29 is 19.5 Å². The van der Waals surface area contributed by atoms with Gasteiger partial charge in [-0.15, -0.1) is 0 Å². The summed E-state index contributed by atoms with van der Waals surface area (Å²) >= 11 is 1.49. The van der Waals surface area contributed by atoms with Gasteiger partial charge in [-0.2, -0.15) is 11.8 Å². The molecule has 2 rings (SSSR count). The maximum Gasteiger partial charge on any atom is 0.326 e. The summed E-state index contributed by atoms with van der Waals surface area (Å²) in [7, 11) is 0. The summed E-state index contributed by atoms with van der Waals surface area (Å²) in [6.45, 7) is 0. The van der Waals surface area contributed by atoms with E-state index >= 15 is 0 Å². The molecular weight excluding hydrogens is 376 g/mol. The smallest absolute Gasteiger partial charge is 0.326 e. The Morgan fingerprint density at radius 2 is 1.64 bits per heavy atom. The van der Waals surface area contributed by atoms with E-state index < -0.39 is 23.8 Å². The Kier molecular flexibility index (Phi) is 8.30. The lowest BCUT2D eigenvalue weighted by atomic mass is 10.1. The van der Waals surface area contributed by atoms with E-state index in [4.69, 9.17) is 0 Å². The number of hydrogen-bond donors (Lipinski definition) is 3. The van der Waals surface area contributed by atoms with Crippen LogP contribution in [0.4, 0.5) is 0 Å². The van der Waals surface area contributed by atoms with Gasteiger partial charge in [-0.05, 0) is 42.2 Å². The van der Waals surface area contributed by atoms with E-state index in [1.54, 1.807) is 54.6 Å². The van der Waals surface area contributed by atoms with Crippen molar-refractivity contribution in [3.05, 3.63) is 77.5 Å². The van der Waals surface area contributed by atoms with Gasteiger partial charge >= 0.3 is 5.97 Å². The molecule has 0 unspecified atom stereocenters. The number of carboxylic acids is 1. The highest BCUT2D eigenvalue weighted by Gasteiger charge is 2.22. The van der Waals surface area contributed by atoms with E-state index in [0.29, 0.717) is 16.9 Å². The summed E-state index contributed by atoms with van der Waals surface area (Å²) in [5.41, 5.74) is 1.08. The Labute approximate surface area is 168 Å². The summed E-state index contributed by atoms with van der Waals surface area (Å²) < 4.78 is 0. The average Bonchev–Trinajstić information content (AvgIpc) is 2.71. The minimum absolute atomic E-state index is 0.0181. The third kappa shape index (κ3) is 6.59. The van der Waals surface area contributed by atoms with Crippen LogP contribution < -0.4 is 10.6 Å². The Morgan fingerprint density at radius 3 is 2.21 bits per heavy atom. The van der Waals surface area contributed by atoms with E-state index in [-0.39, 0.29) is 12.1 Å². The van der Waals surface area contributed by atoms with Gasteiger partial charge in [0.2, 0.25) is 0 Å². The molecule has 0 aromatic heterocycles. The highest BCUT2D eigenvalue weighted by Crippen LogP contribution is 2.08. The second-order valence-corrected chi connectivity index (χ2v) is 6.92. The fourth-order valence-corrected chi connectivity index (χ4v) is 2.86. The predicted octanol–water partition coefficient (Wildman–Crippen LogP) is 2.78. The molecule has 3 N–H and O–H groups in total. The van der Waals surface area contributed by atoms with E-state index in [0.717, 1.165) is 0 Å². The predicted molar refractivity (Wildman–Crippen MR) is 111 cm³/mol. The van der Waals surface area contributed by atoms with Crippen LogP contribution in [0.1, 0.15) is 22.3 Å². The maximum absolute atomic E-state index is 12.7. The molecule has 1 atom stereocenters. The van der Waals surface area contributed by atoms with Crippen LogP contribution in [0.25, 0.3) is 6.08 Å². The molecule has 2 aromatic rings. The second-order valence-electron chi connectivity index (χ2n) is 5.93. The first-order valence-corrected chi connectivity index (χ1v) is 10.1. The molecule has 7 heteroatoms. The minimum atomic E-state index is -1.11. The number of nitrogens with one attached hydrogen (secondary N) is 2. The number of thioether (sulfide) groups is 1. The highest BCUT2D eigenvalue weighted by atomic mass is 32.2. The topological polar surface area (TPSA) is 95.5 Å². The lowest BCUT2D eigenvalue weighted by molar-refractivity contribution is -0.141. The zero-order chi connectivity index (χ0) is 20.4. The Morgan fingerprint density at radius 1 is 1.04 bits per heavy atom. The Bertz CT molecular complexity index is 838. The van der Waals surface area contributed by atoms with Crippen LogP contribution in [-0.4, -0.2) is 40.9 Å². The molecule has 0 heterocycles. The Balaban J connectivity index is 2.24. The van der Waals surface area contributed by atoms with Gasteiger partial charge in [-0.3, -0.25) is 9.59 Å². The third-order valence-electron chi connectivity index (χ3n) is 3.85. The number of rotatable bonds is 9. The van der Waals surface area contributed by atoms with Gasteiger partial charge in [0.05, 0.1) is 0 Å². The van der Waals surface area contributed by atoms with Gasteiger partial charge in [-0.25, -0.2) is 4.79 Å². The summed E-state index contributed by atoms with van der Waals surface area (Å²) in [6, 6.07) is 16.5. The molecule has 0 saturated carbocycles. The summed E-state index contributed by atoms with van der Waals surface area (Å²) in [4.78, 5) is 36.7. The fourth-order valence-electron chi connectivity index (χ4n) is 2.39. The van der Waals surface area contributed by atoms with E-state index in [2.05, 4.69) is 10.6 Å². The first kappa shape index (κ1) is 21.2. The van der Waals surface area contributed by atoms with Crippen LogP contribution in [-0.2, 0) is 9.59 Å². The van der Waals surface area contributed by atoms with Crippen molar-refractivity contribution in [3.63, 3.8) is 0 Å². The van der Waals surface area contributed by atoms with Crippen LogP contribution >= 0.6 is 11.8 Å². The van der Waals surface area contributed by atoms with Crippen molar-refractivity contribution in [2.75, 3.05) is 12.0 Å². The Hall–Kier alpha value is -3.06. The van der Waals surface area contributed by atoms with Crippen molar-refractivity contribution in [1.82, 2.24) is 10.6 Å².